The molecule has 2 aromatic rings. The van der Waals surface area contributed by atoms with Crippen LogP contribution in [0.5, 0.6) is 0 Å². The van der Waals surface area contributed by atoms with E-state index in [1.165, 1.54) is 0 Å². The number of aliphatic hydroxyl groups is 1. The molecule has 0 saturated carbocycles. The second-order valence-electron chi connectivity index (χ2n) is 6.88. The van der Waals surface area contributed by atoms with Gasteiger partial charge in [-0.3, -0.25) is 9.13 Å². The van der Waals surface area contributed by atoms with Crippen molar-refractivity contribution in [3.8, 4) is 0 Å². The summed E-state index contributed by atoms with van der Waals surface area (Å²) in [6.07, 6.45) is 7.30. The Morgan fingerprint density at radius 1 is 1.20 bits per heavy atom. The van der Waals surface area contributed by atoms with Crippen molar-refractivity contribution in [2.45, 2.75) is 44.9 Å². The highest BCUT2D eigenvalue weighted by molar-refractivity contribution is 5.76. The van der Waals surface area contributed by atoms with Gasteiger partial charge < -0.3 is 10.4 Å². The van der Waals surface area contributed by atoms with Gasteiger partial charge in [-0.1, -0.05) is 30.4 Å². The zero-order chi connectivity index (χ0) is 18.0. The predicted octanol–water partition coefficient (Wildman–Crippen LogP) is 2.78. The van der Waals surface area contributed by atoms with Gasteiger partial charge in [0.2, 0.25) is 0 Å². The van der Waals surface area contributed by atoms with E-state index in [0.717, 1.165) is 29.4 Å². The normalized spacial score (nSPS) is 17.1. The summed E-state index contributed by atoms with van der Waals surface area (Å²) in [6, 6.07) is 7.53. The van der Waals surface area contributed by atoms with E-state index in [0.29, 0.717) is 6.54 Å². The topological polar surface area (TPSA) is 59.2 Å². The molecule has 0 radical (unpaired) electrons. The van der Waals surface area contributed by atoms with Crippen molar-refractivity contribution in [3.05, 3.63) is 58.6 Å². The molecule has 0 spiro atoms. The van der Waals surface area contributed by atoms with Crippen LogP contribution in [0.1, 0.15) is 38.8 Å². The minimum absolute atomic E-state index is 0.0565. The maximum Gasteiger partial charge on any atom is 0.330 e. The lowest BCUT2D eigenvalue weighted by Crippen LogP contribution is -2.39. The van der Waals surface area contributed by atoms with Crippen LogP contribution in [0.15, 0.2) is 52.9 Å². The maximum atomic E-state index is 13.3. The zero-order valence-corrected chi connectivity index (χ0v) is 15.1. The average molecular weight is 341 g/mol. The first-order valence-electron chi connectivity index (χ1n) is 8.96. The van der Waals surface area contributed by atoms with Crippen LogP contribution in [0.25, 0.3) is 11.0 Å². The Hall–Kier alpha value is -2.11. The molecule has 134 valence electrons. The third-order valence-corrected chi connectivity index (χ3v) is 4.81. The molecule has 3 rings (SSSR count). The Morgan fingerprint density at radius 3 is 2.44 bits per heavy atom. The zero-order valence-electron chi connectivity index (χ0n) is 15.1. The lowest BCUT2D eigenvalue weighted by Gasteiger charge is -2.28. The maximum absolute atomic E-state index is 13.3. The third-order valence-electron chi connectivity index (χ3n) is 4.81. The minimum atomic E-state index is -0.674. The third kappa shape index (κ3) is 3.22. The van der Waals surface area contributed by atoms with Crippen LogP contribution in [0, 0.1) is 0 Å². The van der Waals surface area contributed by atoms with Crippen molar-refractivity contribution in [1.82, 2.24) is 14.5 Å². The van der Waals surface area contributed by atoms with Crippen molar-refractivity contribution in [3.63, 3.8) is 0 Å². The van der Waals surface area contributed by atoms with E-state index < -0.39 is 6.10 Å². The molecule has 5 nitrogen and oxygen atoms in total. The number of hydrogen-bond acceptors (Lipinski definition) is 3. The number of imidazole rings is 1. The molecule has 0 saturated heterocycles. The number of likely N-dealkylation sites (N-methyl/N-ethyl adjacent to an activating group) is 1. The molecule has 0 bridgehead atoms. The van der Waals surface area contributed by atoms with Crippen LogP contribution in [0.4, 0.5) is 0 Å². The Bertz CT molecular complexity index is 857. The van der Waals surface area contributed by atoms with Crippen LogP contribution >= 0.6 is 0 Å². The molecule has 1 heterocycles. The van der Waals surface area contributed by atoms with Crippen molar-refractivity contribution in [2.24, 2.45) is 0 Å². The van der Waals surface area contributed by atoms with Gasteiger partial charge in [-0.15, -0.1) is 0 Å². The molecule has 0 aliphatic heterocycles. The van der Waals surface area contributed by atoms with Crippen molar-refractivity contribution in [2.75, 3.05) is 13.6 Å². The summed E-state index contributed by atoms with van der Waals surface area (Å²) >= 11 is 0. The number of aromatic nitrogens is 2. The van der Waals surface area contributed by atoms with Gasteiger partial charge in [0.15, 0.2) is 0 Å². The van der Waals surface area contributed by atoms with E-state index in [9.17, 15) is 9.90 Å². The number of nitrogens with one attached hydrogen (secondary N) is 1. The van der Waals surface area contributed by atoms with E-state index in [1.54, 1.807) is 4.57 Å². The van der Waals surface area contributed by atoms with Gasteiger partial charge in [0.1, 0.15) is 0 Å². The van der Waals surface area contributed by atoms with Crippen LogP contribution in [-0.2, 0) is 0 Å². The highest BCUT2D eigenvalue weighted by Crippen LogP contribution is 2.31. The summed E-state index contributed by atoms with van der Waals surface area (Å²) in [5.74, 6) is 0. The van der Waals surface area contributed by atoms with Crippen LogP contribution in [0.2, 0.25) is 0 Å². The van der Waals surface area contributed by atoms with Crippen molar-refractivity contribution in [1.29, 1.82) is 0 Å². The molecule has 2 N–H and O–H groups in total. The van der Waals surface area contributed by atoms with E-state index in [-0.39, 0.29) is 17.8 Å². The van der Waals surface area contributed by atoms with E-state index >= 15 is 0 Å². The van der Waals surface area contributed by atoms with Crippen LogP contribution in [0.3, 0.4) is 0 Å². The number of fused-ring (bicyclic) bond motifs is 1. The number of aliphatic hydroxyl groups excluding tert-OH is 1. The molecule has 1 aliphatic rings. The molecule has 1 unspecified atom stereocenters. The van der Waals surface area contributed by atoms with Gasteiger partial charge in [0.25, 0.3) is 0 Å². The second-order valence-corrected chi connectivity index (χ2v) is 6.88. The van der Waals surface area contributed by atoms with Gasteiger partial charge >= 0.3 is 5.69 Å². The van der Waals surface area contributed by atoms with Crippen LogP contribution in [-0.4, -0.2) is 33.9 Å². The van der Waals surface area contributed by atoms with E-state index in [4.69, 9.17) is 0 Å². The number of benzene rings is 1. The quantitative estimate of drug-likeness (QED) is 0.849. The number of nitrogens with zero attached hydrogens (tertiary/aromatic N) is 2. The smallest absolute Gasteiger partial charge is 0.330 e. The Balaban J connectivity index is 2.26. The molecular weight excluding hydrogens is 314 g/mol. The molecule has 1 aromatic carbocycles. The van der Waals surface area contributed by atoms with Crippen molar-refractivity contribution >= 4 is 11.0 Å². The minimum Gasteiger partial charge on any atom is -0.389 e. The first-order chi connectivity index (χ1) is 12.1. The molecule has 0 fully saturated rings. The monoisotopic (exact) mass is 341 g/mol. The Labute approximate surface area is 148 Å². The lowest BCUT2D eigenvalue weighted by atomic mass is 9.93. The lowest BCUT2D eigenvalue weighted by molar-refractivity contribution is 0.127. The number of allylic oxidation sites excluding steroid dienone is 3. The summed E-state index contributed by atoms with van der Waals surface area (Å²) in [4.78, 5) is 13.3. The first kappa shape index (κ1) is 17.7. The summed E-state index contributed by atoms with van der Waals surface area (Å²) in [5, 5.41) is 13.9. The standard InChI is InChI=1S/C20H27N3O2/c1-14(2)22-16-11-7-8-12-17(16)23(20(22)25)19(18(24)13-21-3)15-9-5-4-6-10-15/h4-5,7-9,11-12,14,18-19,21,24H,6,10,13H2,1-3H3/t18?,19-/m0/s1. The SMILES string of the molecule is CNCC(O)[C@H](C1=CC=CCC1)n1c(=O)n(C(C)C)c2ccccc21. The van der Waals surface area contributed by atoms with Gasteiger partial charge in [0, 0.05) is 12.6 Å². The van der Waals surface area contributed by atoms with Gasteiger partial charge in [-0.25, -0.2) is 4.79 Å². The van der Waals surface area contributed by atoms with Crippen molar-refractivity contribution < 1.29 is 5.11 Å². The average Bonchev–Trinajstić information content (AvgIpc) is 2.89. The molecule has 1 aromatic heterocycles. The summed E-state index contributed by atoms with van der Waals surface area (Å²) < 4.78 is 3.59. The van der Waals surface area contributed by atoms with Gasteiger partial charge in [-0.2, -0.15) is 0 Å². The predicted molar refractivity (Wildman–Crippen MR) is 102 cm³/mol. The summed E-state index contributed by atoms with van der Waals surface area (Å²) in [5.41, 5.74) is 2.82. The molecule has 25 heavy (non-hydrogen) atoms. The Morgan fingerprint density at radius 2 is 1.88 bits per heavy atom. The molecule has 2 atom stereocenters. The van der Waals surface area contributed by atoms with Gasteiger partial charge in [0.05, 0.1) is 23.2 Å². The number of rotatable bonds is 6. The second kappa shape index (κ2) is 7.42. The molecular formula is C20H27N3O2. The summed E-state index contributed by atoms with van der Waals surface area (Å²) in [7, 11) is 1.82. The summed E-state index contributed by atoms with van der Waals surface area (Å²) in [6.45, 7) is 4.46. The number of para-hydroxylation sites is 2. The highest BCUT2D eigenvalue weighted by Gasteiger charge is 2.29. The molecule has 0 amide bonds. The number of hydrogen-bond donors (Lipinski definition) is 2. The first-order valence-corrected chi connectivity index (χ1v) is 8.96. The fourth-order valence-electron chi connectivity index (χ4n) is 3.74. The fraction of sp³-hybridized carbons (Fsp3) is 0.450. The van der Waals surface area contributed by atoms with E-state index in [2.05, 4.69) is 11.4 Å². The molecule has 5 heteroatoms. The van der Waals surface area contributed by atoms with Gasteiger partial charge in [-0.05, 0) is 51.4 Å². The fourth-order valence-corrected chi connectivity index (χ4v) is 3.74. The molecule has 1 aliphatic carbocycles. The Kier molecular flexibility index (Phi) is 5.25. The highest BCUT2D eigenvalue weighted by atomic mass is 16.3. The largest absolute Gasteiger partial charge is 0.389 e. The van der Waals surface area contributed by atoms with E-state index in [1.807, 2.05) is 61.9 Å². The van der Waals surface area contributed by atoms with Crippen LogP contribution < -0.4 is 11.0 Å².